The number of carboxylic acid groups (broad SMARTS) is 1. The number of amides is 3. The molecule has 0 aliphatic carbocycles. The summed E-state index contributed by atoms with van der Waals surface area (Å²) in [7, 11) is 0. The molecule has 9 heteroatoms. The van der Waals surface area contributed by atoms with Crippen LogP contribution in [0.15, 0.2) is 66.7 Å². The number of hydrogen-bond acceptors (Lipinski definition) is 3. The maximum Gasteiger partial charge on any atom is 0.328 e. The van der Waals surface area contributed by atoms with Crippen molar-refractivity contribution in [2.45, 2.75) is 19.4 Å². The van der Waals surface area contributed by atoms with Crippen LogP contribution in [-0.2, 0) is 4.79 Å². The number of benzene rings is 3. The molecule has 170 valence electrons. The van der Waals surface area contributed by atoms with E-state index < -0.39 is 23.4 Å². The van der Waals surface area contributed by atoms with E-state index in [2.05, 4.69) is 16.0 Å². The van der Waals surface area contributed by atoms with Crippen LogP contribution in [0.2, 0.25) is 10.0 Å². The molecule has 0 unspecified atom stereocenters. The van der Waals surface area contributed by atoms with Gasteiger partial charge in [-0.25, -0.2) is 9.59 Å². The fourth-order valence-corrected chi connectivity index (χ4v) is 3.42. The van der Waals surface area contributed by atoms with E-state index in [4.69, 9.17) is 28.3 Å². The number of carboxylic acids is 1. The molecule has 0 radical (unpaired) electrons. The average Bonchev–Trinajstić information content (AvgIpc) is 2.73. The lowest BCUT2D eigenvalue weighted by Gasteiger charge is -2.21. The van der Waals surface area contributed by atoms with E-state index >= 15 is 0 Å². The molecule has 0 aliphatic heterocycles. The van der Waals surface area contributed by atoms with Crippen molar-refractivity contribution >= 4 is 52.5 Å². The van der Waals surface area contributed by atoms with Gasteiger partial charge in [0.25, 0.3) is 5.91 Å². The van der Waals surface area contributed by atoms with Crippen molar-refractivity contribution in [1.82, 2.24) is 5.32 Å². The van der Waals surface area contributed by atoms with E-state index in [9.17, 15) is 14.4 Å². The summed E-state index contributed by atoms with van der Waals surface area (Å²) in [6, 6.07) is 18.2. The second-order valence-corrected chi connectivity index (χ2v) is 8.65. The summed E-state index contributed by atoms with van der Waals surface area (Å²) in [6.07, 6.45) is 0. The Hall–Kier alpha value is -3.55. The normalized spacial score (nSPS) is 10.9. The number of rotatable bonds is 6. The number of anilines is 2. The zero-order valence-corrected chi connectivity index (χ0v) is 19.3. The van der Waals surface area contributed by atoms with Crippen molar-refractivity contribution in [2.24, 2.45) is 0 Å². The van der Waals surface area contributed by atoms with Gasteiger partial charge in [0.1, 0.15) is 5.54 Å². The minimum Gasteiger partial charge on any atom is -0.480 e. The molecular weight excluding hydrogens is 465 g/mol. The van der Waals surface area contributed by atoms with Crippen LogP contribution in [0.3, 0.4) is 0 Å². The molecule has 7 nitrogen and oxygen atoms in total. The number of nitrogens with one attached hydrogen (secondary N) is 3. The SMILES string of the molecule is CC(C)(NC(=O)c1ccc(-c2ccc(NC(=O)Nc3cc(Cl)cc(Cl)c3)cc2)cc1)C(=O)O. The summed E-state index contributed by atoms with van der Waals surface area (Å²) in [5.41, 5.74) is 1.76. The Labute approximate surface area is 200 Å². The number of carbonyl (C=O) groups excluding carboxylic acids is 2. The Morgan fingerprint density at radius 2 is 1.24 bits per heavy atom. The van der Waals surface area contributed by atoms with Crippen molar-refractivity contribution in [2.75, 3.05) is 10.6 Å². The van der Waals surface area contributed by atoms with Crippen molar-refractivity contribution < 1.29 is 19.5 Å². The first-order valence-electron chi connectivity index (χ1n) is 9.84. The van der Waals surface area contributed by atoms with Crippen LogP contribution in [-0.4, -0.2) is 28.6 Å². The van der Waals surface area contributed by atoms with Crippen LogP contribution >= 0.6 is 23.2 Å². The monoisotopic (exact) mass is 485 g/mol. The standard InChI is InChI=1S/C24H21Cl2N3O4/c1-24(2,22(31)32)29-21(30)16-5-3-14(4-6-16)15-7-9-19(10-8-15)27-23(33)28-20-12-17(25)11-18(26)13-20/h3-13H,1-2H3,(H,29,30)(H,31,32)(H2,27,28,33). The molecule has 3 amide bonds. The lowest BCUT2D eigenvalue weighted by atomic mass is 10.0. The summed E-state index contributed by atoms with van der Waals surface area (Å²) in [5.74, 6) is -1.59. The number of carbonyl (C=O) groups is 3. The third-order valence-corrected chi connectivity index (χ3v) is 5.14. The first-order chi connectivity index (χ1) is 15.5. The summed E-state index contributed by atoms with van der Waals surface area (Å²) in [6.45, 7) is 2.84. The number of urea groups is 1. The highest BCUT2D eigenvalue weighted by Gasteiger charge is 2.29. The molecule has 0 saturated carbocycles. The second kappa shape index (κ2) is 9.94. The lowest BCUT2D eigenvalue weighted by molar-refractivity contribution is -0.143. The molecule has 0 bridgehead atoms. The number of halogens is 2. The number of aliphatic carboxylic acids is 1. The van der Waals surface area contributed by atoms with E-state index in [0.29, 0.717) is 27.0 Å². The maximum absolute atomic E-state index is 12.3. The summed E-state index contributed by atoms with van der Waals surface area (Å²) in [4.78, 5) is 35.7. The predicted octanol–water partition coefficient (Wildman–Crippen LogP) is 5.90. The van der Waals surface area contributed by atoms with Gasteiger partial charge in [0.15, 0.2) is 0 Å². The molecule has 3 aromatic carbocycles. The molecule has 0 spiro atoms. The predicted molar refractivity (Wildman–Crippen MR) is 130 cm³/mol. The van der Waals surface area contributed by atoms with Gasteiger partial charge in [-0.3, -0.25) is 4.79 Å². The van der Waals surface area contributed by atoms with Gasteiger partial charge in [-0.2, -0.15) is 0 Å². The van der Waals surface area contributed by atoms with Crippen LogP contribution in [0, 0.1) is 0 Å². The minimum atomic E-state index is -1.37. The van der Waals surface area contributed by atoms with Crippen LogP contribution < -0.4 is 16.0 Å². The summed E-state index contributed by atoms with van der Waals surface area (Å²) >= 11 is 11.9. The Morgan fingerprint density at radius 3 is 1.76 bits per heavy atom. The van der Waals surface area contributed by atoms with E-state index in [1.54, 1.807) is 54.6 Å². The Bertz CT molecular complexity index is 1170. The molecule has 0 saturated heterocycles. The largest absolute Gasteiger partial charge is 0.480 e. The average molecular weight is 486 g/mol. The van der Waals surface area contributed by atoms with Gasteiger partial charge < -0.3 is 21.1 Å². The third kappa shape index (κ3) is 6.47. The van der Waals surface area contributed by atoms with Gasteiger partial charge in [0.2, 0.25) is 0 Å². The van der Waals surface area contributed by atoms with Crippen molar-refractivity contribution in [3.05, 3.63) is 82.3 Å². The molecule has 0 heterocycles. The van der Waals surface area contributed by atoms with Crippen LogP contribution in [0.25, 0.3) is 11.1 Å². The van der Waals surface area contributed by atoms with Gasteiger partial charge in [0.05, 0.1) is 0 Å². The fraction of sp³-hybridized carbons (Fsp3) is 0.125. The van der Waals surface area contributed by atoms with Gasteiger partial charge in [0, 0.05) is 27.0 Å². The summed E-state index contributed by atoms with van der Waals surface area (Å²) in [5, 5.41) is 17.8. The molecule has 0 fully saturated rings. The maximum atomic E-state index is 12.3. The zero-order valence-electron chi connectivity index (χ0n) is 17.8. The van der Waals surface area contributed by atoms with Crippen molar-refractivity contribution in [3.8, 4) is 11.1 Å². The van der Waals surface area contributed by atoms with Gasteiger partial charge in [-0.05, 0) is 67.4 Å². The fourth-order valence-electron chi connectivity index (χ4n) is 2.89. The zero-order chi connectivity index (χ0) is 24.2. The molecule has 0 aromatic heterocycles. The molecule has 33 heavy (non-hydrogen) atoms. The minimum absolute atomic E-state index is 0.351. The molecule has 0 aliphatic rings. The molecule has 4 N–H and O–H groups in total. The molecule has 3 aromatic rings. The summed E-state index contributed by atoms with van der Waals surface area (Å²) < 4.78 is 0. The highest BCUT2D eigenvalue weighted by atomic mass is 35.5. The van der Waals surface area contributed by atoms with Crippen molar-refractivity contribution in [1.29, 1.82) is 0 Å². The highest BCUT2D eigenvalue weighted by Crippen LogP contribution is 2.24. The molecule has 3 rings (SSSR count). The van der Waals surface area contributed by atoms with Crippen molar-refractivity contribution in [3.63, 3.8) is 0 Å². The van der Waals surface area contributed by atoms with Crippen LogP contribution in [0.1, 0.15) is 24.2 Å². The topological polar surface area (TPSA) is 108 Å². The van der Waals surface area contributed by atoms with E-state index in [-0.39, 0.29) is 0 Å². The smallest absolute Gasteiger partial charge is 0.328 e. The van der Waals surface area contributed by atoms with Crippen LogP contribution in [0.5, 0.6) is 0 Å². The molecular formula is C24H21Cl2N3O4. The van der Waals surface area contributed by atoms with Gasteiger partial charge in [-0.15, -0.1) is 0 Å². The Balaban J connectivity index is 1.63. The van der Waals surface area contributed by atoms with E-state index in [0.717, 1.165) is 11.1 Å². The first-order valence-corrected chi connectivity index (χ1v) is 10.6. The van der Waals surface area contributed by atoms with Crippen LogP contribution in [0.4, 0.5) is 16.2 Å². The van der Waals surface area contributed by atoms with Gasteiger partial charge in [-0.1, -0.05) is 47.5 Å². The third-order valence-electron chi connectivity index (χ3n) is 4.70. The molecule has 0 atom stereocenters. The van der Waals surface area contributed by atoms with E-state index in [1.165, 1.54) is 13.8 Å². The number of hydrogen-bond donors (Lipinski definition) is 4. The Morgan fingerprint density at radius 1 is 0.758 bits per heavy atom. The van der Waals surface area contributed by atoms with E-state index in [1.807, 2.05) is 12.1 Å². The first kappa shape index (κ1) is 24.1. The second-order valence-electron chi connectivity index (χ2n) is 7.78. The highest BCUT2D eigenvalue weighted by molar-refractivity contribution is 6.35. The lowest BCUT2D eigenvalue weighted by Crippen LogP contribution is -2.49. The Kier molecular flexibility index (Phi) is 7.26. The quantitative estimate of drug-likeness (QED) is 0.348. The van der Waals surface area contributed by atoms with Gasteiger partial charge >= 0.3 is 12.0 Å².